The summed E-state index contributed by atoms with van der Waals surface area (Å²) in [6.07, 6.45) is 0. The Hall–Kier alpha value is -1.33. The average Bonchev–Trinajstić information content (AvgIpc) is 2.35. The van der Waals surface area contributed by atoms with Crippen LogP contribution in [-0.2, 0) is 0 Å². The molecule has 2 rings (SSSR count). The molecule has 0 amide bonds. The third-order valence-corrected chi connectivity index (χ3v) is 3.36. The summed E-state index contributed by atoms with van der Waals surface area (Å²) in [6.45, 7) is 2.29. The van der Waals surface area contributed by atoms with Crippen LogP contribution in [0.15, 0.2) is 18.2 Å². The lowest BCUT2D eigenvalue weighted by atomic mass is 10.0. The summed E-state index contributed by atoms with van der Waals surface area (Å²) in [4.78, 5) is 16.3. The topological polar surface area (TPSA) is 23.6 Å². The molecule has 1 aromatic carbocycles. The van der Waals surface area contributed by atoms with Gasteiger partial charge >= 0.3 is 0 Å². The number of hydrogen-bond acceptors (Lipinski definition) is 3. The molecule has 98 valence electrons. The summed E-state index contributed by atoms with van der Waals surface area (Å²) in [5.41, 5.74) is 0.223. The monoisotopic (exact) mass is 254 g/mol. The second kappa shape index (κ2) is 5.12. The predicted octanol–water partition coefficient (Wildman–Crippen LogP) is 1.39. The SMILES string of the molecule is CN1CCN(C)C(C(=O)c2ccc(F)c(F)c2)C1. The van der Waals surface area contributed by atoms with E-state index in [1.165, 1.54) is 6.07 Å². The van der Waals surface area contributed by atoms with Gasteiger partial charge in [0.15, 0.2) is 17.4 Å². The zero-order valence-electron chi connectivity index (χ0n) is 10.5. The van der Waals surface area contributed by atoms with Gasteiger partial charge in [-0.25, -0.2) is 8.78 Å². The highest BCUT2D eigenvalue weighted by Crippen LogP contribution is 2.15. The summed E-state index contributed by atoms with van der Waals surface area (Å²) in [5.74, 6) is -2.07. The fraction of sp³-hybridized carbons (Fsp3) is 0.462. The predicted molar refractivity (Wildman–Crippen MR) is 64.6 cm³/mol. The van der Waals surface area contributed by atoms with Crippen molar-refractivity contribution in [1.82, 2.24) is 9.80 Å². The zero-order chi connectivity index (χ0) is 13.3. The van der Waals surface area contributed by atoms with Crippen LogP contribution in [0.1, 0.15) is 10.4 Å². The van der Waals surface area contributed by atoms with E-state index in [1.54, 1.807) is 0 Å². The van der Waals surface area contributed by atoms with Gasteiger partial charge in [0.2, 0.25) is 0 Å². The maximum atomic E-state index is 13.1. The van der Waals surface area contributed by atoms with Crippen molar-refractivity contribution in [3.05, 3.63) is 35.4 Å². The minimum absolute atomic E-state index is 0.164. The van der Waals surface area contributed by atoms with Crippen LogP contribution in [0.5, 0.6) is 0 Å². The molecule has 0 bridgehead atoms. The quantitative estimate of drug-likeness (QED) is 0.745. The first-order valence-corrected chi connectivity index (χ1v) is 5.87. The van der Waals surface area contributed by atoms with Gasteiger partial charge in [-0.15, -0.1) is 0 Å². The Morgan fingerprint density at radius 2 is 1.94 bits per heavy atom. The number of likely N-dealkylation sites (N-methyl/N-ethyl adjacent to an activating group) is 2. The highest BCUT2D eigenvalue weighted by atomic mass is 19.2. The second-order valence-electron chi connectivity index (χ2n) is 4.75. The summed E-state index contributed by atoms with van der Waals surface area (Å²) >= 11 is 0. The summed E-state index contributed by atoms with van der Waals surface area (Å²) in [7, 11) is 3.81. The number of halogens is 2. The van der Waals surface area contributed by atoms with E-state index in [0.29, 0.717) is 6.54 Å². The molecule has 1 unspecified atom stereocenters. The molecule has 0 aromatic heterocycles. The fourth-order valence-corrected chi connectivity index (χ4v) is 2.14. The summed E-state index contributed by atoms with van der Waals surface area (Å²) in [6, 6.07) is 3.01. The molecular weight excluding hydrogens is 238 g/mol. The van der Waals surface area contributed by atoms with Crippen molar-refractivity contribution in [2.45, 2.75) is 6.04 Å². The molecule has 1 atom stereocenters. The van der Waals surface area contributed by atoms with Crippen LogP contribution in [0.3, 0.4) is 0 Å². The van der Waals surface area contributed by atoms with Gasteiger partial charge in [-0.3, -0.25) is 9.69 Å². The van der Waals surface area contributed by atoms with Gasteiger partial charge in [0.1, 0.15) is 0 Å². The Bertz CT molecular complexity index is 464. The van der Waals surface area contributed by atoms with Crippen LogP contribution in [-0.4, -0.2) is 55.4 Å². The van der Waals surface area contributed by atoms with E-state index < -0.39 is 11.6 Å². The summed E-state index contributed by atoms with van der Waals surface area (Å²) < 4.78 is 26.0. The van der Waals surface area contributed by atoms with Gasteiger partial charge in [-0.1, -0.05) is 0 Å². The van der Waals surface area contributed by atoms with E-state index in [9.17, 15) is 13.6 Å². The van der Waals surface area contributed by atoms with Crippen molar-refractivity contribution >= 4 is 5.78 Å². The second-order valence-corrected chi connectivity index (χ2v) is 4.75. The van der Waals surface area contributed by atoms with E-state index in [0.717, 1.165) is 25.2 Å². The van der Waals surface area contributed by atoms with E-state index in [2.05, 4.69) is 4.90 Å². The van der Waals surface area contributed by atoms with Crippen molar-refractivity contribution in [2.24, 2.45) is 0 Å². The van der Waals surface area contributed by atoms with Crippen molar-refractivity contribution in [3.8, 4) is 0 Å². The van der Waals surface area contributed by atoms with Crippen LogP contribution in [0.4, 0.5) is 8.78 Å². The minimum Gasteiger partial charge on any atom is -0.303 e. The molecule has 1 saturated heterocycles. The standard InChI is InChI=1S/C13H16F2N2O/c1-16-5-6-17(2)12(8-16)13(18)9-3-4-10(14)11(15)7-9/h3-4,7,12H,5-6,8H2,1-2H3. The molecule has 0 spiro atoms. The molecule has 1 aliphatic heterocycles. The lowest BCUT2D eigenvalue weighted by Crippen LogP contribution is -2.53. The van der Waals surface area contributed by atoms with Crippen LogP contribution in [0, 0.1) is 11.6 Å². The zero-order valence-corrected chi connectivity index (χ0v) is 10.5. The van der Waals surface area contributed by atoms with Crippen LogP contribution >= 0.6 is 0 Å². The maximum Gasteiger partial charge on any atom is 0.181 e. The molecule has 3 nitrogen and oxygen atoms in total. The van der Waals surface area contributed by atoms with Gasteiger partial charge in [0.05, 0.1) is 6.04 Å². The Labute approximate surface area is 105 Å². The minimum atomic E-state index is -0.979. The van der Waals surface area contributed by atoms with Crippen molar-refractivity contribution in [3.63, 3.8) is 0 Å². The number of nitrogens with zero attached hydrogens (tertiary/aromatic N) is 2. The summed E-state index contributed by atoms with van der Waals surface area (Å²) in [5, 5.41) is 0. The smallest absolute Gasteiger partial charge is 0.181 e. The molecular formula is C13H16F2N2O. The molecule has 0 N–H and O–H groups in total. The first-order chi connectivity index (χ1) is 8.49. The van der Waals surface area contributed by atoms with Crippen molar-refractivity contribution < 1.29 is 13.6 Å². The maximum absolute atomic E-state index is 13.1. The third kappa shape index (κ3) is 2.57. The highest BCUT2D eigenvalue weighted by Gasteiger charge is 2.29. The van der Waals surface area contributed by atoms with E-state index in [-0.39, 0.29) is 17.4 Å². The van der Waals surface area contributed by atoms with Crippen LogP contribution in [0.2, 0.25) is 0 Å². The Morgan fingerprint density at radius 1 is 1.22 bits per heavy atom. The fourth-order valence-electron chi connectivity index (χ4n) is 2.14. The molecule has 5 heteroatoms. The third-order valence-electron chi connectivity index (χ3n) is 3.36. The van der Waals surface area contributed by atoms with E-state index in [1.807, 2.05) is 19.0 Å². The van der Waals surface area contributed by atoms with Crippen LogP contribution in [0.25, 0.3) is 0 Å². The van der Waals surface area contributed by atoms with Gasteiger partial charge < -0.3 is 4.90 Å². The number of Topliss-reactive ketones (excluding diaryl/α,β-unsaturated/α-hetero) is 1. The van der Waals surface area contributed by atoms with Gasteiger partial charge in [0, 0.05) is 25.2 Å². The molecule has 0 saturated carbocycles. The molecule has 0 radical (unpaired) electrons. The number of carbonyl (C=O) groups is 1. The van der Waals surface area contributed by atoms with Crippen molar-refractivity contribution in [1.29, 1.82) is 0 Å². The number of carbonyl (C=O) groups excluding carboxylic acids is 1. The number of piperazine rings is 1. The van der Waals surface area contributed by atoms with Gasteiger partial charge in [-0.05, 0) is 32.3 Å². The highest BCUT2D eigenvalue weighted by molar-refractivity contribution is 6.00. The Balaban J connectivity index is 2.21. The Morgan fingerprint density at radius 3 is 2.61 bits per heavy atom. The molecule has 1 aliphatic rings. The first-order valence-electron chi connectivity index (χ1n) is 5.87. The average molecular weight is 254 g/mol. The lowest BCUT2D eigenvalue weighted by Gasteiger charge is -2.36. The number of ketones is 1. The number of hydrogen-bond donors (Lipinski definition) is 0. The van der Waals surface area contributed by atoms with E-state index >= 15 is 0 Å². The molecule has 18 heavy (non-hydrogen) atoms. The number of benzene rings is 1. The molecule has 0 aliphatic carbocycles. The largest absolute Gasteiger partial charge is 0.303 e. The van der Waals surface area contributed by atoms with E-state index in [4.69, 9.17) is 0 Å². The Kier molecular flexibility index (Phi) is 3.73. The first kappa shape index (κ1) is 13.1. The normalized spacial score (nSPS) is 22.1. The van der Waals surface area contributed by atoms with Crippen molar-refractivity contribution in [2.75, 3.05) is 33.7 Å². The lowest BCUT2D eigenvalue weighted by molar-refractivity contribution is 0.0686. The van der Waals surface area contributed by atoms with Gasteiger partial charge in [-0.2, -0.15) is 0 Å². The number of rotatable bonds is 2. The molecule has 1 heterocycles. The van der Waals surface area contributed by atoms with Gasteiger partial charge in [0.25, 0.3) is 0 Å². The molecule has 1 fully saturated rings. The van der Waals surface area contributed by atoms with Crippen LogP contribution < -0.4 is 0 Å². The molecule has 1 aromatic rings.